The highest BCUT2D eigenvalue weighted by atomic mass is 16.6. The lowest BCUT2D eigenvalue weighted by molar-refractivity contribution is -0.112. The Morgan fingerprint density at radius 2 is 1.71 bits per heavy atom. The summed E-state index contributed by atoms with van der Waals surface area (Å²) in [5.74, 6) is 0. The van der Waals surface area contributed by atoms with E-state index in [0.29, 0.717) is 45.9 Å². The summed E-state index contributed by atoms with van der Waals surface area (Å²) >= 11 is 0. The number of alkyl carbamates (subject to hydrolysis) is 1. The van der Waals surface area contributed by atoms with Crippen LogP contribution in [-0.4, -0.2) is 64.7 Å². The molecule has 1 rings (SSSR count). The highest BCUT2D eigenvalue weighted by Gasteiger charge is 2.14. The zero-order chi connectivity index (χ0) is 17.3. The summed E-state index contributed by atoms with van der Waals surface area (Å²) in [6.07, 6.45) is 9.54. The largest absolute Gasteiger partial charge is 0.446 e. The number of aldehydes is 1. The number of hydrogen-bond acceptors (Lipinski definition) is 6. The van der Waals surface area contributed by atoms with Gasteiger partial charge in [0.2, 0.25) is 0 Å². The lowest BCUT2D eigenvalue weighted by Gasteiger charge is -2.18. The molecular formula is C17H29NO6. The van der Waals surface area contributed by atoms with Gasteiger partial charge in [-0.1, -0.05) is 12.2 Å². The molecule has 0 radical (unpaired) electrons. The van der Waals surface area contributed by atoms with Crippen LogP contribution in [0.1, 0.15) is 32.1 Å². The number of ether oxygens (including phenoxy) is 4. The van der Waals surface area contributed by atoms with Crippen molar-refractivity contribution in [3.05, 3.63) is 12.2 Å². The Morgan fingerprint density at radius 3 is 2.50 bits per heavy atom. The fourth-order valence-corrected chi connectivity index (χ4v) is 2.23. The Balaban J connectivity index is 1.88. The molecule has 1 amide bonds. The fourth-order valence-electron chi connectivity index (χ4n) is 2.23. The van der Waals surface area contributed by atoms with Gasteiger partial charge in [0.05, 0.1) is 33.0 Å². The van der Waals surface area contributed by atoms with Crippen molar-refractivity contribution in [1.29, 1.82) is 0 Å². The molecule has 7 heteroatoms. The van der Waals surface area contributed by atoms with E-state index in [1.54, 1.807) is 0 Å². The van der Waals surface area contributed by atoms with E-state index >= 15 is 0 Å². The minimum Gasteiger partial charge on any atom is -0.446 e. The van der Waals surface area contributed by atoms with Crippen molar-refractivity contribution in [1.82, 2.24) is 5.32 Å². The summed E-state index contributed by atoms with van der Waals surface area (Å²) in [4.78, 5) is 21.7. The predicted octanol–water partition coefficient (Wildman–Crippen LogP) is 1.85. The van der Waals surface area contributed by atoms with Gasteiger partial charge in [-0.15, -0.1) is 0 Å². The zero-order valence-electron chi connectivity index (χ0n) is 14.2. The maximum atomic E-state index is 11.7. The Morgan fingerprint density at radius 1 is 1.00 bits per heavy atom. The molecule has 0 aliphatic heterocycles. The average molecular weight is 343 g/mol. The van der Waals surface area contributed by atoms with Crippen molar-refractivity contribution >= 4 is 12.4 Å². The highest BCUT2D eigenvalue weighted by molar-refractivity contribution is 5.67. The summed E-state index contributed by atoms with van der Waals surface area (Å²) in [7, 11) is 0. The first kappa shape index (κ1) is 20.6. The van der Waals surface area contributed by atoms with E-state index in [1.165, 1.54) is 0 Å². The van der Waals surface area contributed by atoms with Gasteiger partial charge in [-0.25, -0.2) is 4.79 Å². The smallest absolute Gasteiger partial charge is 0.407 e. The van der Waals surface area contributed by atoms with Crippen LogP contribution in [0.3, 0.4) is 0 Å². The third-order valence-corrected chi connectivity index (χ3v) is 3.44. The topological polar surface area (TPSA) is 83.1 Å². The maximum absolute atomic E-state index is 11.7. The van der Waals surface area contributed by atoms with Gasteiger partial charge >= 0.3 is 6.09 Å². The molecule has 1 aliphatic rings. The Kier molecular flexibility index (Phi) is 13.0. The molecule has 0 saturated heterocycles. The van der Waals surface area contributed by atoms with E-state index in [4.69, 9.17) is 18.9 Å². The van der Waals surface area contributed by atoms with E-state index in [-0.39, 0.29) is 18.8 Å². The number of rotatable bonds is 12. The molecule has 0 heterocycles. The van der Waals surface area contributed by atoms with Crippen LogP contribution in [0.25, 0.3) is 0 Å². The number of carbonyl (C=O) groups excluding carboxylic acids is 2. The van der Waals surface area contributed by atoms with E-state index < -0.39 is 0 Å². The molecular weight excluding hydrogens is 314 g/mol. The van der Waals surface area contributed by atoms with Crippen molar-refractivity contribution in [2.45, 2.75) is 38.2 Å². The Labute approximate surface area is 143 Å². The summed E-state index contributed by atoms with van der Waals surface area (Å²) in [6.45, 7) is 2.63. The van der Waals surface area contributed by atoms with Gasteiger partial charge < -0.3 is 29.1 Å². The predicted molar refractivity (Wildman–Crippen MR) is 89.0 cm³/mol. The Bertz CT molecular complexity index is 361. The minimum atomic E-state index is -0.378. The molecule has 0 aromatic heterocycles. The van der Waals surface area contributed by atoms with E-state index in [9.17, 15) is 9.59 Å². The summed E-state index contributed by atoms with van der Waals surface area (Å²) in [5.41, 5.74) is 0. The normalized spacial score (nSPS) is 19.1. The first-order valence-electron chi connectivity index (χ1n) is 8.59. The second-order valence-corrected chi connectivity index (χ2v) is 5.40. The van der Waals surface area contributed by atoms with Gasteiger partial charge in [0.25, 0.3) is 0 Å². The highest BCUT2D eigenvalue weighted by Crippen LogP contribution is 2.15. The van der Waals surface area contributed by atoms with Crippen LogP contribution in [0.15, 0.2) is 12.2 Å². The Hall–Kier alpha value is -1.44. The van der Waals surface area contributed by atoms with Crippen LogP contribution >= 0.6 is 0 Å². The number of hydrogen-bond donors (Lipinski definition) is 1. The standard InChI is InChI=1S/C17H29NO6/c19-9-11-22-13-15-23-14-12-21-10-8-18-17(20)24-16-6-4-2-1-3-5-7-16/h1-2,9,16H,3-8,10-15H2,(H,18,20)/b2-1+. The summed E-state index contributed by atoms with van der Waals surface area (Å²) in [5, 5.41) is 2.69. The lowest BCUT2D eigenvalue weighted by Crippen LogP contribution is -2.31. The molecule has 1 N–H and O–H groups in total. The number of carbonyl (C=O) groups is 2. The van der Waals surface area contributed by atoms with Crippen molar-refractivity contribution in [2.24, 2.45) is 0 Å². The average Bonchev–Trinajstić information content (AvgIpc) is 2.55. The van der Waals surface area contributed by atoms with Crippen LogP contribution in [0.5, 0.6) is 0 Å². The molecule has 0 saturated carbocycles. The molecule has 0 bridgehead atoms. The molecule has 7 nitrogen and oxygen atoms in total. The first-order chi connectivity index (χ1) is 11.8. The minimum absolute atomic E-state index is 0.00528. The lowest BCUT2D eigenvalue weighted by atomic mass is 10.0. The molecule has 0 aromatic rings. The fraction of sp³-hybridized carbons (Fsp3) is 0.765. The van der Waals surface area contributed by atoms with Crippen LogP contribution in [0.2, 0.25) is 0 Å². The summed E-state index contributed by atoms with van der Waals surface area (Å²) in [6, 6.07) is 0. The summed E-state index contributed by atoms with van der Waals surface area (Å²) < 4.78 is 20.9. The molecule has 138 valence electrons. The molecule has 0 fully saturated rings. The zero-order valence-corrected chi connectivity index (χ0v) is 14.2. The van der Waals surface area contributed by atoms with Crippen LogP contribution in [0.4, 0.5) is 4.79 Å². The van der Waals surface area contributed by atoms with Crippen LogP contribution in [0, 0.1) is 0 Å². The van der Waals surface area contributed by atoms with Crippen molar-refractivity contribution < 1.29 is 28.5 Å². The quantitative estimate of drug-likeness (QED) is 0.331. The monoisotopic (exact) mass is 343 g/mol. The van der Waals surface area contributed by atoms with Crippen molar-refractivity contribution in [3.63, 3.8) is 0 Å². The SMILES string of the molecule is O=CCOCCOCCOCCNC(=O)OC1CC/C=C/CCC1. The van der Waals surface area contributed by atoms with Gasteiger partial charge in [-0.05, 0) is 32.1 Å². The van der Waals surface area contributed by atoms with Crippen LogP contribution < -0.4 is 5.32 Å². The molecule has 0 aromatic carbocycles. The van der Waals surface area contributed by atoms with Gasteiger partial charge in [0, 0.05) is 6.54 Å². The maximum Gasteiger partial charge on any atom is 0.407 e. The van der Waals surface area contributed by atoms with Gasteiger partial charge in [-0.3, -0.25) is 0 Å². The van der Waals surface area contributed by atoms with Crippen molar-refractivity contribution in [2.75, 3.05) is 46.2 Å². The van der Waals surface area contributed by atoms with E-state index in [1.807, 2.05) is 0 Å². The molecule has 0 spiro atoms. The third kappa shape index (κ3) is 12.0. The number of amides is 1. The van der Waals surface area contributed by atoms with Crippen molar-refractivity contribution in [3.8, 4) is 0 Å². The van der Waals surface area contributed by atoms with Gasteiger partial charge in [-0.2, -0.15) is 0 Å². The molecule has 1 aliphatic carbocycles. The van der Waals surface area contributed by atoms with Crippen LogP contribution in [-0.2, 0) is 23.7 Å². The third-order valence-electron chi connectivity index (χ3n) is 3.44. The second-order valence-electron chi connectivity index (χ2n) is 5.40. The van der Waals surface area contributed by atoms with E-state index in [0.717, 1.165) is 32.1 Å². The van der Waals surface area contributed by atoms with E-state index in [2.05, 4.69) is 17.5 Å². The van der Waals surface area contributed by atoms with Gasteiger partial charge in [0.15, 0.2) is 0 Å². The molecule has 24 heavy (non-hydrogen) atoms. The first-order valence-corrected chi connectivity index (χ1v) is 8.59. The number of allylic oxidation sites excluding steroid dienone is 2. The second kappa shape index (κ2) is 15.1. The molecule has 1 atom stereocenters. The van der Waals surface area contributed by atoms with Gasteiger partial charge in [0.1, 0.15) is 19.0 Å². The number of nitrogens with one attached hydrogen (secondary N) is 1. The molecule has 1 unspecified atom stereocenters.